The number of aliphatic hydroxyl groups excluding tert-OH is 3. The first kappa shape index (κ1) is 16.3. The van der Waals surface area contributed by atoms with Gasteiger partial charge in [0.05, 0.1) is 17.6 Å². The molecule has 23 heavy (non-hydrogen) atoms. The van der Waals surface area contributed by atoms with Gasteiger partial charge in [0.25, 0.3) is 0 Å². The molecule has 11 heteroatoms. The van der Waals surface area contributed by atoms with Crippen LogP contribution in [-0.4, -0.2) is 56.5 Å². The molecule has 2 heterocycles. The number of nitrogens with zero attached hydrogens (tertiary/aromatic N) is 1. The Labute approximate surface area is 129 Å². The summed E-state index contributed by atoms with van der Waals surface area (Å²) < 4.78 is 26.0. The molecule has 0 spiro atoms. The number of nitrogens with one attached hydrogen (secondary N) is 1. The number of imidazole rings is 1. The van der Waals surface area contributed by atoms with Crippen LogP contribution in [0.15, 0.2) is 24.3 Å². The first-order valence-corrected chi connectivity index (χ1v) is 8.12. The highest BCUT2D eigenvalue weighted by Crippen LogP contribution is 2.42. The highest BCUT2D eigenvalue weighted by atomic mass is 31.2. The van der Waals surface area contributed by atoms with Crippen LogP contribution < -0.4 is 9.42 Å². The molecule has 1 aromatic carbocycles. The number of H-pyrrole nitrogens is 1. The van der Waals surface area contributed by atoms with Crippen molar-refractivity contribution in [3.63, 3.8) is 0 Å². The van der Waals surface area contributed by atoms with E-state index in [-0.39, 0.29) is 6.01 Å². The van der Waals surface area contributed by atoms with E-state index in [2.05, 4.69) is 19.0 Å². The topological polar surface area (TPSA) is 157 Å². The molecule has 2 aromatic rings. The number of phosphoric acid groups is 1. The summed E-state index contributed by atoms with van der Waals surface area (Å²) in [5, 5.41) is 28.1. The van der Waals surface area contributed by atoms with E-state index in [4.69, 9.17) is 9.84 Å². The minimum absolute atomic E-state index is 0.309. The van der Waals surface area contributed by atoms with Gasteiger partial charge in [0.2, 0.25) is 0 Å². The molecule has 0 saturated carbocycles. The lowest BCUT2D eigenvalue weighted by molar-refractivity contribution is -0.242. The lowest BCUT2D eigenvalue weighted by atomic mass is 10.1. The lowest BCUT2D eigenvalue weighted by Gasteiger charge is -2.26. The van der Waals surface area contributed by atoms with E-state index in [1.165, 1.54) is 0 Å². The average Bonchev–Trinajstić information content (AvgIpc) is 3.01. The zero-order valence-electron chi connectivity index (χ0n) is 11.6. The summed E-state index contributed by atoms with van der Waals surface area (Å²) in [7, 11) is -4.94. The van der Waals surface area contributed by atoms with Gasteiger partial charge in [-0.2, -0.15) is 4.98 Å². The molecular formula is C12H14N2O8P-. The largest absolute Gasteiger partial charge is 0.746 e. The van der Waals surface area contributed by atoms with E-state index in [1.54, 1.807) is 24.3 Å². The van der Waals surface area contributed by atoms with Gasteiger partial charge in [0, 0.05) is 0 Å². The molecule has 1 aromatic heterocycles. The van der Waals surface area contributed by atoms with Gasteiger partial charge in [0.15, 0.2) is 6.29 Å². The van der Waals surface area contributed by atoms with Gasteiger partial charge < -0.3 is 34.5 Å². The molecular weight excluding hydrogens is 331 g/mol. The van der Waals surface area contributed by atoms with E-state index < -0.39 is 39.0 Å². The minimum Gasteiger partial charge on any atom is -0.746 e. The standard InChI is InChI=1S/C12H15N2O8P/c15-5-8-9(16)10(17)11(20-8)21-23(18,19)22-12-13-6-3-1-2-4-7(6)14-12/h1-4,8-11,15-17H,5H2,(H,13,14)(H,18,19)/p-1/t8-,9-,10-,11?/m1/s1. The molecule has 1 aliphatic rings. The second-order valence-corrected chi connectivity index (χ2v) is 6.20. The molecule has 1 fully saturated rings. The minimum atomic E-state index is -4.94. The Bertz CT molecular complexity index is 704. The summed E-state index contributed by atoms with van der Waals surface area (Å²) >= 11 is 0. The van der Waals surface area contributed by atoms with Crippen LogP contribution in [0, 0.1) is 0 Å². The highest BCUT2D eigenvalue weighted by Gasteiger charge is 2.45. The van der Waals surface area contributed by atoms with E-state index in [0.29, 0.717) is 11.0 Å². The number of rotatable bonds is 5. The first-order chi connectivity index (χ1) is 10.9. The number of phosphoric ester groups is 1. The zero-order valence-corrected chi connectivity index (χ0v) is 12.5. The lowest BCUT2D eigenvalue weighted by Crippen LogP contribution is -2.35. The smallest absolute Gasteiger partial charge is 0.324 e. The summed E-state index contributed by atoms with van der Waals surface area (Å²) in [6.45, 7) is -0.605. The molecule has 0 bridgehead atoms. The Balaban J connectivity index is 1.70. The maximum Gasteiger partial charge on any atom is 0.324 e. The Kier molecular flexibility index (Phi) is 4.39. The number of hydrogen-bond acceptors (Lipinski definition) is 9. The number of ether oxygens (including phenoxy) is 1. The molecule has 3 rings (SSSR count). The number of fused-ring (bicyclic) bond motifs is 1. The zero-order chi connectivity index (χ0) is 16.6. The van der Waals surface area contributed by atoms with Crippen molar-refractivity contribution in [3.8, 4) is 6.01 Å². The Morgan fingerprint density at radius 2 is 2.09 bits per heavy atom. The van der Waals surface area contributed by atoms with Crippen molar-refractivity contribution in [1.29, 1.82) is 0 Å². The van der Waals surface area contributed by atoms with Gasteiger partial charge in [0.1, 0.15) is 18.3 Å². The van der Waals surface area contributed by atoms with Crippen molar-refractivity contribution in [2.24, 2.45) is 0 Å². The van der Waals surface area contributed by atoms with E-state index in [0.717, 1.165) is 0 Å². The van der Waals surface area contributed by atoms with Gasteiger partial charge in [-0.05, 0) is 12.1 Å². The molecule has 0 amide bonds. The summed E-state index contributed by atoms with van der Waals surface area (Å²) in [5.74, 6) is 0. The second kappa shape index (κ2) is 6.17. The highest BCUT2D eigenvalue weighted by molar-refractivity contribution is 7.46. The predicted molar refractivity (Wildman–Crippen MR) is 73.2 cm³/mol. The fourth-order valence-corrected chi connectivity index (χ4v) is 2.95. The number of aromatic amines is 1. The molecule has 0 radical (unpaired) electrons. The molecule has 0 aliphatic carbocycles. The first-order valence-electron chi connectivity index (χ1n) is 6.66. The maximum absolute atomic E-state index is 11.9. The average molecular weight is 345 g/mol. The van der Waals surface area contributed by atoms with Crippen molar-refractivity contribution in [3.05, 3.63) is 24.3 Å². The fourth-order valence-electron chi connectivity index (χ4n) is 2.18. The van der Waals surface area contributed by atoms with E-state index >= 15 is 0 Å². The van der Waals surface area contributed by atoms with E-state index in [9.17, 15) is 19.7 Å². The second-order valence-electron chi connectivity index (χ2n) is 4.91. The van der Waals surface area contributed by atoms with Crippen molar-refractivity contribution in [2.75, 3.05) is 6.61 Å². The van der Waals surface area contributed by atoms with Gasteiger partial charge in [-0.3, -0.25) is 9.09 Å². The monoisotopic (exact) mass is 345 g/mol. The van der Waals surface area contributed by atoms with Crippen molar-refractivity contribution < 1.29 is 38.6 Å². The van der Waals surface area contributed by atoms with Crippen LogP contribution in [-0.2, 0) is 13.8 Å². The molecule has 1 saturated heterocycles. The van der Waals surface area contributed by atoms with Crippen molar-refractivity contribution in [1.82, 2.24) is 9.97 Å². The van der Waals surface area contributed by atoms with Gasteiger partial charge >= 0.3 is 13.8 Å². The summed E-state index contributed by atoms with van der Waals surface area (Å²) in [6.07, 6.45) is -5.96. The third-order valence-electron chi connectivity index (χ3n) is 3.30. The quantitative estimate of drug-likeness (QED) is 0.492. The molecule has 5 atom stereocenters. The third kappa shape index (κ3) is 3.38. The van der Waals surface area contributed by atoms with Crippen LogP contribution >= 0.6 is 7.82 Å². The van der Waals surface area contributed by atoms with Crippen LogP contribution in [0.4, 0.5) is 0 Å². The number of para-hydroxylation sites is 2. The Hall–Kier alpha value is -1.52. The molecule has 2 unspecified atom stereocenters. The van der Waals surface area contributed by atoms with Gasteiger partial charge in [-0.25, -0.2) is 0 Å². The molecule has 4 N–H and O–H groups in total. The van der Waals surface area contributed by atoms with Crippen LogP contribution in [0.5, 0.6) is 6.01 Å². The summed E-state index contributed by atoms with van der Waals surface area (Å²) in [4.78, 5) is 18.4. The molecule has 126 valence electrons. The van der Waals surface area contributed by atoms with Gasteiger partial charge in [-0.15, -0.1) is 0 Å². The van der Waals surface area contributed by atoms with Crippen LogP contribution in [0.3, 0.4) is 0 Å². The summed E-state index contributed by atoms with van der Waals surface area (Å²) in [5.41, 5.74) is 1.06. The van der Waals surface area contributed by atoms with Crippen molar-refractivity contribution in [2.45, 2.75) is 24.6 Å². The predicted octanol–water partition coefficient (Wildman–Crippen LogP) is -1.13. The molecule has 10 nitrogen and oxygen atoms in total. The maximum atomic E-state index is 11.9. The number of hydrogen-bond donors (Lipinski definition) is 4. The SMILES string of the molecule is O=P([O-])(Oc1nc2ccccc2[nH]1)OC1O[C@H](CO)[C@@H](O)[C@H]1O. The van der Waals surface area contributed by atoms with Crippen LogP contribution in [0.2, 0.25) is 0 Å². The van der Waals surface area contributed by atoms with E-state index in [1.807, 2.05) is 0 Å². The number of aliphatic hydroxyl groups is 3. The molecule has 1 aliphatic heterocycles. The number of aromatic nitrogens is 2. The van der Waals surface area contributed by atoms with Crippen LogP contribution in [0.1, 0.15) is 0 Å². The van der Waals surface area contributed by atoms with Crippen LogP contribution in [0.25, 0.3) is 11.0 Å². The van der Waals surface area contributed by atoms with Crippen molar-refractivity contribution >= 4 is 18.9 Å². The summed E-state index contributed by atoms with van der Waals surface area (Å²) in [6, 6.07) is 6.48. The number of benzene rings is 1. The van der Waals surface area contributed by atoms with Gasteiger partial charge in [-0.1, -0.05) is 12.1 Å². The fraction of sp³-hybridized carbons (Fsp3) is 0.417. The normalized spacial score (nSPS) is 30.4. The Morgan fingerprint density at radius 3 is 2.74 bits per heavy atom. The Morgan fingerprint density at radius 1 is 1.35 bits per heavy atom. The third-order valence-corrected chi connectivity index (χ3v) is 4.16.